The van der Waals surface area contributed by atoms with Gasteiger partial charge in [-0.05, 0) is 43.7 Å². The molecule has 10 heteroatoms. The van der Waals surface area contributed by atoms with Crippen molar-refractivity contribution < 1.29 is 29.0 Å². The van der Waals surface area contributed by atoms with Crippen molar-refractivity contribution in [3.8, 4) is 11.5 Å². The molecule has 0 aliphatic heterocycles. The van der Waals surface area contributed by atoms with Crippen LogP contribution in [-0.4, -0.2) is 52.3 Å². The summed E-state index contributed by atoms with van der Waals surface area (Å²) in [5, 5.41) is 21.5. The lowest BCUT2D eigenvalue weighted by atomic mass is 9.61. The van der Waals surface area contributed by atoms with E-state index in [1.807, 2.05) is 0 Å². The standard InChI is InChI=1S/C28H32N4O6/c1-16-17(15-32(3)31-16)23-24(26(34)29-18-10-6-8-12-21(18)37-4)20(33)14-28(2,36)25(23)27(35)30-19-11-7-9-13-22(19)38-5/h6-13,15,23-25,36H,14H2,1-5H3,(H,29,34)(H,30,35)/t23-,24+,25+,28-/m0/s1. The highest BCUT2D eigenvalue weighted by Gasteiger charge is 2.56. The van der Waals surface area contributed by atoms with Crippen molar-refractivity contribution in [2.24, 2.45) is 18.9 Å². The lowest BCUT2D eigenvalue weighted by molar-refractivity contribution is -0.150. The Balaban J connectivity index is 1.80. The first-order chi connectivity index (χ1) is 18.1. The van der Waals surface area contributed by atoms with E-state index in [1.54, 1.807) is 73.4 Å². The van der Waals surface area contributed by atoms with Crippen molar-refractivity contribution in [1.82, 2.24) is 9.78 Å². The number of nitrogens with zero attached hydrogens (tertiary/aromatic N) is 2. The van der Waals surface area contributed by atoms with E-state index in [2.05, 4.69) is 15.7 Å². The van der Waals surface area contributed by atoms with E-state index in [0.717, 1.165) is 0 Å². The van der Waals surface area contributed by atoms with E-state index >= 15 is 0 Å². The molecule has 0 bridgehead atoms. The first-order valence-electron chi connectivity index (χ1n) is 12.2. The second-order valence-corrected chi connectivity index (χ2v) is 9.70. The fourth-order valence-electron chi connectivity index (χ4n) is 5.33. The first-order valence-corrected chi connectivity index (χ1v) is 12.2. The maximum atomic E-state index is 13.9. The summed E-state index contributed by atoms with van der Waals surface area (Å²) >= 11 is 0. The molecular weight excluding hydrogens is 488 g/mol. The average molecular weight is 521 g/mol. The van der Waals surface area contributed by atoms with Crippen LogP contribution in [0.15, 0.2) is 54.7 Å². The van der Waals surface area contributed by atoms with Gasteiger partial charge in [0.2, 0.25) is 11.8 Å². The summed E-state index contributed by atoms with van der Waals surface area (Å²) in [5.74, 6) is -4.18. The Hall–Kier alpha value is -4.18. The van der Waals surface area contributed by atoms with Crippen LogP contribution in [0.25, 0.3) is 0 Å². The van der Waals surface area contributed by atoms with Crippen molar-refractivity contribution in [2.45, 2.75) is 31.8 Å². The highest BCUT2D eigenvalue weighted by molar-refractivity contribution is 6.11. The Morgan fingerprint density at radius 3 is 2.03 bits per heavy atom. The number of Topliss-reactive ketones (excluding diaryl/α,β-unsaturated/α-hetero) is 1. The minimum absolute atomic E-state index is 0.378. The van der Waals surface area contributed by atoms with Gasteiger partial charge in [0.25, 0.3) is 0 Å². The molecule has 1 aliphatic rings. The molecule has 4 rings (SSSR count). The van der Waals surface area contributed by atoms with Gasteiger partial charge in [0.15, 0.2) is 0 Å². The normalized spacial score (nSPS) is 23.0. The molecule has 2 aromatic carbocycles. The molecule has 1 aromatic heterocycles. The third-order valence-corrected chi connectivity index (χ3v) is 6.97. The molecule has 3 aromatic rings. The quantitative estimate of drug-likeness (QED) is 0.408. The summed E-state index contributed by atoms with van der Waals surface area (Å²) in [4.78, 5) is 41.1. The van der Waals surface area contributed by atoms with Gasteiger partial charge in [-0.15, -0.1) is 0 Å². The Kier molecular flexibility index (Phi) is 7.54. The van der Waals surface area contributed by atoms with Crippen molar-refractivity contribution in [1.29, 1.82) is 0 Å². The van der Waals surface area contributed by atoms with E-state index in [0.29, 0.717) is 34.1 Å². The van der Waals surface area contributed by atoms with Crippen molar-refractivity contribution in [3.63, 3.8) is 0 Å². The second-order valence-electron chi connectivity index (χ2n) is 9.70. The molecule has 38 heavy (non-hydrogen) atoms. The SMILES string of the molecule is COc1ccccc1NC(=O)[C@@H]1C(=O)C[C@](C)(O)[C@@H](C(=O)Nc2ccccc2OC)[C@H]1c1cn(C)nc1C. The minimum Gasteiger partial charge on any atom is -0.495 e. The number of hydrogen-bond donors (Lipinski definition) is 3. The predicted octanol–water partition coefficient (Wildman–Crippen LogP) is 3.06. The summed E-state index contributed by atoms with van der Waals surface area (Å²) in [6.45, 7) is 3.19. The van der Waals surface area contributed by atoms with E-state index in [-0.39, 0.29) is 6.42 Å². The summed E-state index contributed by atoms with van der Waals surface area (Å²) < 4.78 is 12.3. The van der Waals surface area contributed by atoms with Crippen LogP contribution in [0.4, 0.5) is 11.4 Å². The monoisotopic (exact) mass is 520 g/mol. The molecule has 4 atom stereocenters. The molecule has 0 saturated heterocycles. The van der Waals surface area contributed by atoms with E-state index in [9.17, 15) is 19.5 Å². The molecule has 0 radical (unpaired) electrons. The first kappa shape index (κ1) is 26.9. The van der Waals surface area contributed by atoms with Crippen molar-refractivity contribution in [3.05, 3.63) is 66.0 Å². The number of para-hydroxylation sites is 4. The number of carbonyl (C=O) groups excluding carboxylic acids is 3. The van der Waals surface area contributed by atoms with Gasteiger partial charge in [0.1, 0.15) is 23.2 Å². The third kappa shape index (κ3) is 5.12. The number of methoxy groups -OCH3 is 2. The third-order valence-electron chi connectivity index (χ3n) is 6.97. The van der Waals surface area contributed by atoms with Gasteiger partial charge in [0, 0.05) is 25.6 Å². The lowest BCUT2D eigenvalue weighted by Gasteiger charge is -2.44. The summed E-state index contributed by atoms with van der Waals surface area (Å²) in [5.41, 5.74) is 0.137. The summed E-state index contributed by atoms with van der Waals surface area (Å²) in [7, 11) is 4.68. The van der Waals surface area contributed by atoms with Crippen LogP contribution >= 0.6 is 0 Å². The number of benzene rings is 2. The minimum atomic E-state index is -1.74. The number of ether oxygens (including phenoxy) is 2. The van der Waals surface area contributed by atoms with Crippen LogP contribution < -0.4 is 20.1 Å². The molecule has 1 heterocycles. The number of carbonyl (C=O) groups is 3. The fraction of sp³-hybridized carbons (Fsp3) is 0.357. The number of aromatic nitrogens is 2. The Labute approximate surface area is 220 Å². The lowest BCUT2D eigenvalue weighted by Crippen LogP contribution is -2.56. The smallest absolute Gasteiger partial charge is 0.235 e. The van der Waals surface area contributed by atoms with Crippen molar-refractivity contribution in [2.75, 3.05) is 24.9 Å². The Morgan fingerprint density at radius 2 is 1.53 bits per heavy atom. The molecular formula is C28H32N4O6. The van der Waals surface area contributed by atoms with Crippen LogP contribution in [0.1, 0.15) is 30.5 Å². The number of anilines is 2. The molecule has 0 spiro atoms. The van der Waals surface area contributed by atoms with E-state index in [4.69, 9.17) is 9.47 Å². The maximum absolute atomic E-state index is 13.9. The molecule has 1 aliphatic carbocycles. The largest absolute Gasteiger partial charge is 0.495 e. The van der Waals surface area contributed by atoms with Gasteiger partial charge in [-0.3, -0.25) is 19.1 Å². The van der Waals surface area contributed by atoms with Gasteiger partial charge in [-0.2, -0.15) is 5.10 Å². The second kappa shape index (κ2) is 10.7. The highest BCUT2D eigenvalue weighted by atomic mass is 16.5. The van der Waals surface area contributed by atoms with Gasteiger partial charge in [-0.1, -0.05) is 24.3 Å². The zero-order chi connectivity index (χ0) is 27.6. The van der Waals surface area contributed by atoms with Crippen LogP contribution in [0, 0.1) is 18.8 Å². The number of nitrogens with one attached hydrogen (secondary N) is 2. The van der Waals surface area contributed by atoms with Crippen LogP contribution in [0.2, 0.25) is 0 Å². The fourth-order valence-corrected chi connectivity index (χ4v) is 5.33. The summed E-state index contributed by atoms with van der Waals surface area (Å²) in [6.07, 6.45) is 1.30. The molecule has 2 amide bonds. The molecule has 10 nitrogen and oxygen atoms in total. The van der Waals surface area contributed by atoms with Gasteiger partial charge in [-0.25, -0.2) is 0 Å². The molecule has 200 valence electrons. The number of rotatable bonds is 7. The van der Waals surface area contributed by atoms with Gasteiger partial charge < -0.3 is 25.2 Å². The Morgan fingerprint density at radius 1 is 1.00 bits per heavy atom. The van der Waals surface area contributed by atoms with E-state index < -0.39 is 41.0 Å². The zero-order valence-corrected chi connectivity index (χ0v) is 22.0. The van der Waals surface area contributed by atoms with Crippen LogP contribution in [0.3, 0.4) is 0 Å². The average Bonchev–Trinajstić information content (AvgIpc) is 3.20. The predicted molar refractivity (Wildman–Crippen MR) is 141 cm³/mol. The maximum Gasteiger partial charge on any atom is 0.235 e. The van der Waals surface area contributed by atoms with Crippen LogP contribution in [0.5, 0.6) is 11.5 Å². The van der Waals surface area contributed by atoms with Crippen molar-refractivity contribution >= 4 is 29.0 Å². The number of ketones is 1. The Bertz CT molecular complexity index is 1360. The van der Waals surface area contributed by atoms with Gasteiger partial charge in [0.05, 0.1) is 42.8 Å². The zero-order valence-electron chi connectivity index (χ0n) is 22.0. The molecule has 3 N–H and O–H groups in total. The van der Waals surface area contributed by atoms with Crippen LogP contribution in [-0.2, 0) is 21.4 Å². The molecule has 1 fully saturated rings. The van der Waals surface area contributed by atoms with E-state index in [1.165, 1.54) is 21.1 Å². The molecule has 1 saturated carbocycles. The van der Waals surface area contributed by atoms with Gasteiger partial charge >= 0.3 is 0 Å². The number of hydrogen-bond acceptors (Lipinski definition) is 7. The molecule has 0 unspecified atom stereocenters. The highest BCUT2D eigenvalue weighted by Crippen LogP contribution is 2.47. The number of aryl methyl sites for hydroxylation is 2. The summed E-state index contributed by atoms with van der Waals surface area (Å²) in [6, 6.07) is 13.7. The number of amides is 2. The topological polar surface area (TPSA) is 132 Å². The number of aliphatic hydroxyl groups is 1.